The second-order valence-corrected chi connectivity index (χ2v) is 8.87. The van der Waals surface area contributed by atoms with E-state index in [1.807, 2.05) is 24.3 Å². The summed E-state index contributed by atoms with van der Waals surface area (Å²) < 4.78 is 22.2. The van der Waals surface area contributed by atoms with Crippen LogP contribution in [0.5, 0.6) is 23.0 Å². The van der Waals surface area contributed by atoms with Gasteiger partial charge in [0.25, 0.3) is 0 Å². The molecule has 8 heteroatoms. The van der Waals surface area contributed by atoms with Gasteiger partial charge in [0.1, 0.15) is 40.2 Å². The lowest BCUT2D eigenvalue weighted by Crippen LogP contribution is -2.31. The van der Waals surface area contributed by atoms with Crippen LogP contribution in [-0.4, -0.2) is 37.5 Å². The zero-order chi connectivity index (χ0) is 25.5. The second-order valence-electron chi connectivity index (χ2n) is 8.49. The number of phenolic OH excluding ortho intramolecular Hbond substituents is 1. The van der Waals surface area contributed by atoms with Crippen LogP contribution in [0.4, 0.5) is 0 Å². The van der Waals surface area contributed by atoms with Gasteiger partial charge >= 0.3 is 0 Å². The molecular weight excluding hydrogens is 472 g/mol. The molecule has 0 heterocycles. The third kappa shape index (κ3) is 6.09. The van der Waals surface area contributed by atoms with E-state index >= 15 is 0 Å². The molecule has 0 fully saturated rings. The summed E-state index contributed by atoms with van der Waals surface area (Å²) in [5.74, 6) is -0.840. The van der Waals surface area contributed by atoms with Crippen molar-refractivity contribution in [1.29, 1.82) is 0 Å². The molecule has 35 heavy (non-hydrogen) atoms. The van der Waals surface area contributed by atoms with Crippen molar-refractivity contribution >= 4 is 23.2 Å². The first kappa shape index (κ1) is 26.4. The van der Waals surface area contributed by atoms with Crippen LogP contribution < -0.4 is 14.2 Å². The van der Waals surface area contributed by atoms with Gasteiger partial charge in [-0.2, -0.15) is 0 Å². The molecule has 0 unspecified atom stereocenters. The lowest BCUT2D eigenvalue weighted by molar-refractivity contribution is -0.116. The lowest BCUT2D eigenvalue weighted by atomic mass is 9.78. The first-order valence-electron chi connectivity index (χ1n) is 11.6. The molecule has 0 amide bonds. The molecule has 2 aromatic carbocycles. The fourth-order valence-corrected chi connectivity index (χ4v) is 4.25. The second kappa shape index (κ2) is 12.0. The number of ether oxygens (including phenoxy) is 4. The minimum atomic E-state index is -0.798. The molecule has 0 spiro atoms. The standard InChI is InChI=1S/C27H31ClO7/c1-5-6-11-34-19-9-7-17(8-10-19)15-35-21-13-18(29)12-16(2)23(21)26(30)24-20(32-3)14-22(33-4)25(28)27(24)31/h7-10,13-14,16,23,31H,5-6,11-12,15H2,1-4H3/t16-,23-/m1/s1. The van der Waals surface area contributed by atoms with E-state index in [1.54, 1.807) is 6.92 Å². The quantitative estimate of drug-likeness (QED) is 0.309. The Labute approximate surface area is 210 Å². The number of hydrogen-bond donors (Lipinski definition) is 1. The fourth-order valence-electron chi connectivity index (χ4n) is 4.03. The zero-order valence-electron chi connectivity index (χ0n) is 20.4. The molecule has 0 aromatic heterocycles. The molecule has 0 bridgehead atoms. The molecule has 0 saturated carbocycles. The summed E-state index contributed by atoms with van der Waals surface area (Å²) in [6, 6.07) is 8.93. The normalized spacial score (nSPS) is 17.5. The smallest absolute Gasteiger partial charge is 0.181 e. The third-order valence-corrected chi connectivity index (χ3v) is 6.30. The van der Waals surface area contributed by atoms with Crippen LogP contribution in [0.25, 0.3) is 0 Å². The van der Waals surface area contributed by atoms with Crippen molar-refractivity contribution in [3.63, 3.8) is 0 Å². The minimum absolute atomic E-state index is 0.0763. The molecular formula is C27H31ClO7. The molecule has 1 aliphatic carbocycles. The summed E-state index contributed by atoms with van der Waals surface area (Å²) >= 11 is 6.21. The topological polar surface area (TPSA) is 91.3 Å². The number of carbonyl (C=O) groups excluding carboxylic acids is 2. The molecule has 7 nitrogen and oxygen atoms in total. The molecule has 3 rings (SSSR count). The minimum Gasteiger partial charge on any atom is -0.505 e. The molecule has 1 N–H and O–H groups in total. The van der Waals surface area contributed by atoms with E-state index < -0.39 is 17.5 Å². The Morgan fingerprint density at radius 3 is 2.43 bits per heavy atom. The third-order valence-electron chi connectivity index (χ3n) is 5.94. The van der Waals surface area contributed by atoms with Gasteiger partial charge in [0.15, 0.2) is 17.3 Å². The maximum atomic E-state index is 13.7. The summed E-state index contributed by atoms with van der Waals surface area (Å²) in [6.45, 7) is 4.73. The van der Waals surface area contributed by atoms with Crippen molar-refractivity contribution < 1.29 is 33.6 Å². The highest BCUT2D eigenvalue weighted by Gasteiger charge is 2.39. The first-order valence-corrected chi connectivity index (χ1v) is 11.9. The Hall–Kier alpha value is -3.19. The summed E-state index contributed by atoms with van der Waals surface area (Å²) in [5, 5.41) is 10.6. The SMILES string of the molecule is CCCCOc1ccc(COC2=CC(=O)C[C@@H](C)[C@H]2C(=O)c2c(OC)cc(OC)c(Cl)c2O)cc1. The van der Waals surface area contributed by atoms with Gasteiger partial charge in [0, 0.05) is 18.6 Å². The van der Waals surface area contributed by atoms with Crippen molar-refractivity contribution in [2.75, 3.05) is 20.8 Å². The van der Waals surface area contributed by atoms with Crippen LogP contribution in [0.3, 0.4) is 0 Å². The lowest BCUT2D eigenvalue weighted by Gasteiger charge is -2.29. The Bertz CT molecular complexity index is 1090. The number of unbranched alkanes of at least 4 members (excludes halogenated alkanes) is 1. The average Bonchev–Trinajstić information content (AvgIpc) is 2.84. The van der Waals surface area contributed by atoms with E-state index in [9.17, 15) is 14.7 Å². The maximum absolute atomic E-state index is 13.7. The van der Waals surface area contributed by atoms with Gasteiger partial charge in [-0.3, -0.25) is 9.59 Å². The highest BCUT2D eigenvalue weighted by molar-refractivity contribution is 6.34. The number of Topliss-reactive ketones (excluding diaryl/α,β-unsaturated/α-hetero) is 1. The number of carbonyl (C=O) groups is 2. The van der Waals surface area contributed by atoms with Crippen molar-refractivity contribution in [1.82, 2.24) is 0 Å². The molecule has 1 aliphatic rings. The number of phenols is 1. The average molecular weight is 503 g/mol. The Balaban J connectivity index is 1.84. The number of methoxy groups -OCH3 is 2. The van der Waals surface area contributed by atoms with Crippen molar-refractivity contribution in [3.8, 4) is 23.0 Å². The van der Waals surface area contributed by atoms with Crippen LogP contribution in [0.1, 0.15) is 49.0 Å². The van der Waals surface area contributed by atoms with Crippen LogP contribution in [0.15, 0.2) is 42.2 Å². The molecule has 2 aromatic rings. The summed E-state index contributed by atoms with van der Waals surface area (Å²) in [7, 11) is 2.78. The van der Waals surface area contributed by atoms with E-state index in [1.165, 1.54) is 26.4 Å². The fraction of sp³-hybridized carbons (Fsp3) is 0.407. The Kier molecular flexibility index (Phi) is 9.04. The van der Waals surface area contributed by atoms with E-state index in [-0.39, 0.29) is 52.6 Å². The first-order chi connectivity index (χ1) is 16.8. The van der Waals surface area contributed by atoms with Gasteiger partial charge in [-0.1, -0.05) is 44.0 Å². The highest BCUT2D eigenvalue weighted by Crippen LogP contribution is 2.45. The van der Waals surface area contributed by atoms with Crippen molar-refractivity contribution in [2.24, 2.45) is 11.8 Å². The predicted octanol–water partition coefficient (Wildman–Crippen LogP) is 5.75. The van der Waals surface area contributed by atoms with Crippen LogP contribution in [0.2, 0.25) is 5.02 Å². The van der Waals surface area contributed by atoms with Crippen LogP contribution in [-0.2, 0) is 16.1 Å². The highest BCUT2D eigenvalue weighted by atomic mass is 35.5. The molecule has 0 aliphatic heterocycles. The van der Waals surface area contributed by atoms with Crippen LogP contribution >= 0.6 is 11.6 Å². The maximum Gasteiger partial charge on any atom is 0.181 e. The van der Waals surface area contributed by atoms with E-state index in [4.69, 9.17) is 30.5 Å². The number of benzene rings is 2. The zero-order valence-corrected chi connectivity index (χ0v) is 21.2. The number of ketones is 2. The van der Waals surface area contributed by atoms with Crippen LogP contribution in [0, 0.1) is 11.8 Å². The summed E-state index contributed by atoms with van der Waals surface area (Å²) in [5.41, 5.74) is 0.783. The number of hydrogen-bond acceptors (Lipinski definition) is 7. The van der Waals surface area contributed by atoms with E-state index in [2.05, 4.69) is 6.92 Å². The van der Waals surface area contributed by atoms with Gasteiger partial charge in [-0.25, -0.2) is 0 Å². The van der Waals surface area contributed by atoms with E-state index in [0.717, 1.165) is 24.2 Å². The number of rotatable bonds is 11. The molecule has 2 atom stereocenters. The van der Waals surface area contributed by atoms with Gasteiger partial charge < -0.3 is 24.1 Å². The molecule has 188 valence electrons. The van der Waals surface area contributed by atoms with Gasteiger partial charge in [0.2, 0.25) is 0 Å². The number of halogens is 1. The van der Waals surface area contributed by atoms with Gasteiger partial charge in [0.05, 0.1) is 26.7 Å². The summed E-state index contributed by atoms with van der Waals surface area (Å²) in [4.78, 5) is 26.0. The monoisotopic (exact) mass is 502 g/mol. The summed E-state index contributed by atoms with van der Waals surface area (Å²) in [6.07, 6.45) is 3.59. The Morgan fingerprint density at radius 2 is 1.80 bits per heavy atom. The van der Waals surface area contributed by atoms with Crippen molar-refractivity contribution in [2.45, 2.75) is 39.7 Å². The Morgan fingerprint density at radius 1 is 1.11 bits per heavy atom. The number of allylic oxidation sites excluding steroid dienone is 2. The van der Waals surface area contributed by atoms with Gasteiger partial charge in [-0.05, 0) is 30.0 Å². The predicted molar refractivity (Wildman–Crippen MR) is 133 cm³/mol. The van der Waals surface area contributed by atoms with E-state index in [0.29, 0.717) is 6.61 Å². The largest absolute Gasteiger partial charge is 0.505 e. The number of aromatic hydroxyl groups is 1. The van der Waals surface area contributed by atoms with Crippen molar-refractivity contribution in [3.05, 3.63) is 58.3 Å². The molecule has 0 saturated heterocycles. The van der Waals surface area contributed by atoms with Gasteiger partial charge in [-0.15, -0.1) is 0 Å². The molecule has 0 radical (unpaired) electrons.